The third kappa shape index (κ3) is 4.05. The summed E-state index contributed by atoms with van der Waals surface area (Å²) in [5.74, 6) is 0.0918. The van der Waals surface area contributed by atoms with Crippen LogP contribution in [0.25, 0.3) is 10.8 Å². The molecule has 0 spiro atoms. The number of hydrogen-bond donors (Lipinski definition) is 0. The van der Waals surface area contributed by atoms with Gasteiger partial charge in [0.25, 0.3) is 0 Å². The molecule has 0 N–H and O–H groups in total. The van der Waals surface area contributed by atoms with Crippen molar-refractivity contribution in [1.29, 1.82) is 0 Å². The van der Waals surface area contributed by atoms with Crippen molar-refractivity contribution in [2.24, 2.45) is 0 Å². The molecule has 7 nitrogen and oxygen atoms in total. The van der Waals surface area contributed by atoms with Gasteiger partial charge in [-0.2, -0.15) is 4.31 Å². The molecule has 0 unspecified atom stereocenters. The quantitative estimate of drug-likeness (QED) is 0.762. The fourth-order valence-electron chi connectivity index (χ4n) is 3.71. The summed E-state index contributed by atoms with van der Waals surface area (Å²) in [5, 5.41) is 1.94. The lowest BCUT2D eigenvalue weighted by Crippen LogP contribution is -2.52. The van der Waals surface area contributed by atoms with Crippen LogP contribution in [0.4, 0.5) is 0 Å². The first-order valence-electron chi connectivity index (χ1n) is 9.61. The molecule has 4 rings (SSSR count). The van der Waals surface area contributed by atoms with Gasteiger partial charge in [-0.3, -0.25) is 9.69 Å². The highest BCUT2D eigenvalue weighted by Gasteiger charge is 2.30. The third-order valence-corrected chi connectivity index (χ3v) is 7.31. The Labute approximate surface area is 165 Å². The van der Waals surface area contributed by atoms with Crippen LogP contribution >= 0.6 is 0 Å². The first kappa shape index (κ1) is 19.3. The Morgan fingerprint density at radius 1 is 0.893 bits per heavy atom. The molecule has 0 radical (unpaired) electrons. The molecule has 2 aliphatic rings. The predicted molar refractivity (Wildman–Crippen MR) is 107 cm³/mol. The number of benzene rings is 2. The second kappa shape index (κ2) is 8.16. The number of fused-ring (bicyclic) bond motifs is 1. The lowest BCUT2D eigenvalue weighted by molar-refractivity contribution is -0.136. The summed E-state index contributed by atoms with van der Waals surface area (Å²) in [7, 11) is -3.53. The number of piperazine rings is 1. The van der Waals surface area contributed by atoms with Crippen LogP contribution < -0.4 is 0 Å². The van der Waals surface area contributed by atoms with E-state index >= 15 is 0 Å². The Balaban J connectivity index is 1.38. The van der Waals surface area contributed by atoms with Gasteiger partial charge in [0, 0.05) is 39.3 Å². The fourth-order valence-corrected chi connectivity index (χ4v) is 5.17. The molecule has 2 saturated heterocycles. The maximum absolute atomic E-state index is 13.0. The number of ether oxygens (including phenoxy) is 1. The summed E-state index contributed by atoms with van der Waals surface area (Å²) in [6, 6.07) is 13.0. The van der Waals surface area contributed by atoms with Gasteiger partial charge in [-0.25, -0.2) is 8.42 Å². The van der Waals surface area contributed by atoms with E-state index in [4.69, 9.17) is 4.74 Å². The SMILES string of the molecule is O=C(CN1CCN(S(=O)(=O)c2ccc3ccccc3c2)CC1)N1CCOCC1. The van der Waals surface area contributed by atoms with Crippen molar-refractivity contribution in [3.63, 3.8) is 0 Å². The highest BCUT2D eigenvalue weighted by molar-refractivity contribution is 7.89. The molecular weight excluding hydrogens is 378 g/mol. The summed E-state index contributed by atoms with van der Waals surface area (Å²) in [6.45, 7) is 4.68. The Kier molecular flexibility index (Phi) is 5.63. The molecular formula is C20H25N3O4S. The summed E-state index contributed by atoms with van der Waals surface area (Å²) < 4.78 is 32.9. The van der Waals surface area contributed by atoms with Crippen LogP contribution in [0.3, 0.4) is 0 Å². The van der Waals surface area contributed by atoms with Gasteiger partial charge in [-0.15, -0.1) is 0 Å². The number of nitrogens with zero attached hydrogens (tertiary/aromatic N) is 3. The maximum atomic E-state index is 13.0. The number of amides is 1. The summed E-state index contributed by atoms with van der Waals surface area (Å²) in [5.41, 5.74) is 0. The van der Waals surface area contributed by atoms with Crippen molar-refractivity contribution in [3.8, 4) is 0 Å². The van der Waals surface area contributed by atoms with Crippen molar-refractivity contribution in [3.05, 3.63) is 42.5 Å². The van der Waals surface area contributed by atoms with Crippen LogP contribution in [0.5, 0.6) is 0 Å². The monoisotopic (exact) mass is 403 g/mol. The van der Waals surface area contributed by atoms with E-state index < -0.39 is 10.0 Å². The molecule has 2 aliphatic heterocycles. The van der Waals surface area contributed by atoms with Crippen molar-refractivity contribution in [1.82, 2.24) is 14.1 Å². The second-order valence-corrected chi connectivity index (χ2v) is 9.12. The Bertz CT molecular complexity index is 949. The van der Waals surface area contributed by atoms with Gasteiger partial charge in [-0.1, -0.05) is 30.3 Å². The topological polar surface area (TPSA) is 70.2 Å². The number of carbonyl (C=O) groups is 1. The van der Waals surface area contributed by atoms with Gasteiger partial charge in [-0.05, 0) is 22.9 Å². The van der Waals surface area contributed by atoms with Gasteiger partial charge < -0.3 is 9.64 Å². The number of carbonyl (C=O) groups excluding carboxylic acids is 1. The summed E-state index contributed by atoms with van der Waals surface area (Å²) >= 11 is 0. The zero-order chi connectivity index (χ0) is 19.6. The van der Waals surface area contributed by atoms with E-state index in [2.05, 4.69) is 0 Å². The molecule has 2 aromatic carbocycles. The van der Waals surface area contributed by atoms with Gasteiger partial charge in [0.1, 0.15) is 0 Å². The van der Waals surface area contributed by atoms with Gasteiger partial charge in [0.15, 0.2) is 0 Å². The largest absolute Gasteiger partial charge is 0.378 e. The number of rotatable bonds is 4. The summed E-state index contributed by atoms with van der Waals surface area (Å²) in [6.07, 6.45) is 0. The van der Waals surface area contributed by atoms with Gasteiger partial charge in [0.2, 0.25) is 15.9 Å². The van der Waals surface area contributed by atoms with Gasteiger partial charge >= 0.3 is 0 Å². The third-order valence-electron chi connectivity index (χ3n) is 5.41. The Hall–Kier alpha value is -2.00. The van der Waals surface area contributed by atoms with Crippen molar-refractivity contribution >= 4 is 26.7 Å². The molecule has 2 heterocycles. The average molecular weight is 404 g/mol. The molecule has 2 fully saturated rings. The highest BCUT2D eigenvalue weighted by Crippen LogP contribution is 2.22. The number of hydrogen-bond acceptors (Lipinski definition) is 5. The molecule has 0 aliphatic carbocycles. The van der Waals surface area contributed by atoms with E-state index in [1.54, 1.807) is 12.1 Å². The van der Waals surface area contributed by atoms with Gasteiger partial charge in [0.05, 0.1) is 24.7 Å². The predicted octanol–water partition coefficient (Wildman–Crippen LogP) is 1.00. The van der Waals surface area contributed by atoms with Crippen molar-refractivity contribution < 1.29 is 17.9 Å². The zero-order valence-corrected chi connectivity index (χ0v) is 16.6. The molecule has 0 bridgehead atoms. The van der Waals surface area contributed by atoms with E-state index in [-0.39, 0.29) is 5.91 Å². The Morgan fingerprint density at radius 3 is 2.29 bits per heavy atom. The first-order valence-corrected chi connectivity index (χ1v) is 11.0. The molecule has 0 saturated carbocycles. The molecule has 0 atom stereocenters. The zero-order valence-electron chi connectivity index (χ0n) is 15.8. The lowest BCUT2D eigenvalue weighted by atomic mass is 10.1. The molecule has 28 heavy (non-hydrogen) atoms. The minimum atomic E-state index is -3.53. The standard InChI is InChI=1S/C20H25N3O4S/c24-20(22-11-13-27-14-12-22)16-21-7-9-23(10-8-21)28(25,26)19-6-5-17-3-1-2-4-18(17)15-19/h1-6,15H,7-14,16H2. The van der Waals surface area contributed by atoms with E-state index in [1.807, 2.05) is 40.1 Å². The van der Waals surface area contributed by atoms with Crippen molar-refractivity contribution in [2.45, 2.75) is 4.90 Å². The average Bonchev–Trinajstić information content (AvgIpc) is 2.74. The van der Waals surface area contributed by atoms with Crippen LogP contribution in [0, 0.1) is 0 Å². The first-order chi connectivity index (χ1) is 13.5. The van der Waals surface area contributed by atoms with Crippen LogP contribution in [0.1, 0.15) is 0 Å². The van der Waals surface area contributed by atoms with E-state index in [0.717, 1.165) is 10.8 Å². The minimum Gasteiger partial charge on any atom is -0.378 e. The van der Waals surface area contributed by atoms with Crippen LogP contribution in [0.2, 0.25) is 0 Å². The van der Waals surface area contributed by atoms with Crippen LogP contribution in [-0.4, -0.2) is 87.5 Å². The molecule has 8 heteroatoms. The second-order valence-electron chi connectivity index (χ2n) is 7.18. The van der Waals surface area contributed by atoms with Crippen LogP contribution in [0.15, 0.2) is 47.4 Å². The minimum absolute atomic E-state index is 0.0918. The molecule has 0 aromatic heterocycles. The Morgan fingerprint density at radius 2 is 1.57 bits per heavy atom. The highest BCUT2D eigenvalue weighted by atomic mass is 32.2. The van der Waals surface area contributed by atoms with E-state index in [0.29, 0.717) is 63.9 Å². The lowest BCUT2D eigenvalue weighted by Gasteiger charge is -2.35. The van der Waals surface area contributed by atoms with E-state index in [9.17, 15) is 13.2 Å². The summed E-state index contributed by atoms with van der Waals surface area (Å²) in [4.78, 5) is 16.6. The molecule has 1 amide bonds. The number of sulfonamides is 1. The van der Waals surface area contributed by atoms with E-state index in [1.165, 1.54) is 4.31 Å². The number of morpholine rings is 1. The van der Waals surface area contributed by atoms with Crippen molar-refractivity contribution in [2.75, 3.05) is 59.0 Å². The normalized spacial score (nSPS) is 19.8. The smallest absolute Gasteiger partial charge is 0.243 e. The fraction of sp³-hybridized carbons (Fsp3) is 0.450. The molecule has 150 valence electrons. The maximum Gasteiger partial charge on any atom is 0.243 e. The van der Waals surface area contributed by atoms with Crippen LogP contribution in [-0.2, 0) is 19.6 Å². The molecule has 2 aromatic rings.